The van der Waals surface area contributed by atoms with Gasteiger partial charge < -0.3 is 4.74 Å². The van der Waals surface area contributed by atoms with Gasteiger partial charge in [-0.1, -0.05) is 102 Å². The van der Waals surface area contributed by atoms with Crippen molar-refractivity contribution in [3.05, 3.63) is 184 Å². The minimum absolute atomic E-state index is 0.136. The topological polar surface area (TPSA) is 141 Å². The Kier molecular flexibility index (Phi) is 7.68. The van der Waals surface area contributed by atoms with E-state index in [0.29, 0.717) is 15.0 Å². The number of amides is 2. The lowest BCUT2D eigenvalue weighted by molar-refractivity contribution is -0.384. The number of non-ortho nitro benzene ring substituents is 1. The molecule has 57 heavy (non-hydrogen) atoms. The van der Waals surface area contributed by atoms with E-state index in [0.717, 1.165) is 43.5 Å². The van der Waals surface area contributed by atoms with Crippen molar-refractivity contribution in [3.63, 3.8) is 0 Å². The number of nitrogens with zero attached hydrogens (tertiary/aromatic N) is 4. The summed E-state index contributed by atoms with van der Waals surface area (Å²) < 4.78 is 7.42. The van der Waals surface area contributed by atoms with E-state index in [1.165, 1.54) is 35.6 Å². The summed E-state index contributed by atoms with van der Waals surface area (Å²) in [5.74, 6) is -3.64. The molecule has 3 atom stereocenters. The molecule has 0 N–H and O–H groups in total. The van der Waals surface area contributed by atoms with Gasteiger partial charge in [0.05, 0.1) is 56.3 Å². The van der Waals surface area contributed by atoms with Crippen molar-refractivity contribution in [2.24, 2.45) is 16.8 Å². The third kappa shape index (κ3) is 4.73. The van der Waals surface area contributed by atoms with Crippen molar-refractivity contribution in [2.75, 3.05) is 11.5 Å². The van der Waals surface area contributed by atoms with Gasteiger partial charge in [-0.3, -0.25) is 29.1 Å². The summed E-state index contributed by atoms with van der Waals surface area (Å²) in [6.45, 7) is 3.61. The molecule has 1 saturated heterocycles. The SMILES string of the molecule is CCOC(=O)C1=C(C)N=c2s/c(=C/C34c5ccccc5C(c5ccccc53)[C@@H]3C(=O)N(c5ccc([N+](=O)[O-])cc5)C(=O)[C@@H]34)c(=O)n2[C@@H]1c1cccc2ccccc12. The van der Waals surface area contributed by atoms with Gasteiger partial charge in [0.1, 0.15) is 0 Å². The molecule has 1 aromatic heterocycles. The van der Waals surface area contributed by atoms with E-state index < -0.39 is 57.5 Å². The van der Waals surface area contributed by atoms with E-state index >= 15 is 9.59 Å². The number of benzene rings is 5. The fourth-order valence-corrected chi connectivity index (χ4v) is 10.9. The second-order valence-corrected chi connectivity index (χ2v) is 15.7. The number of esters is 1. The van der Waals surface area contributed by atoms with Gasteiger partial charge in [0.25, 0.3) is 11.2 Å². The Morgan fingerprint density at radius 3 is 2.18 bits per heavy atom. The van der Waals surface area contributed by atoms with Crippen molar-refractivity contribution in [2.45, 2.75) is 31.2 Å². The number of allylic oxidation sites excluding steroid dienone is 1. The zero-order valence-electron chi connectivity index (χ0n) is 30.6. The lowest BCUT2D eigenvalue weighted by Crippen LogP contribution is -2.53. The fraction of sp³-hybridized carbons (Fsp3) is 0.178. The highest BCUT2D eigenvalue weighted by atomic mass is 32.1. The monoisotopic (exact) mass is 772 g/mol. The second kappa shape index (κ2) is 12.6. The Balaban J connectivity index is 1.25. The number of imide groups is 1. The maximum Gasteiger partial charge on any atom is 0.338 e. The minimum atomic E-state index is -1.27. The van der Waals surface area contributed by atoms with E-state index in [1.807, 2.05) is 97.1 Å². The number of ether oxygens (including phenoxy) is 1. The lowest BCUT2D eigenvalue weighted by atomic mass is 9.47. The van der Waals surface area contributed by atoms with E-state index in [2.05, 4.69) is 0 Å². The number of rotatable bonds is 6. The molecule has 0 unspecified atom stereocenters. The first-order valence-corrected chi connectivity index (χ1v) is 19.5. The number of carbonyl (C=O) groups excluding carboxylic acids is 3. The standard InChI is InChI=1S/C45H32N4O7S/c1-3-56-43(53)35-24(2)46-44-48(39(35)29-16-10-12-25-11-4-5-13-28(25)29)40(50)34(57-44)23-45-32-17-8-6-14-30(32)36(31-15-7-9-18-33(31)45)37-38(45)42(52)47(41(37)51)26-19-21-27(22-20-26)49(54)55/h4-23,36-39H,3H2,1-2H3/b34-23+/t36?,37-,38+,39+,45?/m0/s1. The minimum Gasteiger partial charge on any atom is -0.463 e. The number of aromatic nitrogens is 1. The highest BCUT2D eigenvalue weighted by molar-refractivity contribution is 7.07. The van der Waals surface area contributed by atoms with Gasteiger partial charge in [-0.15, -0.1) is 0 Å². The van der Waals surface area contributed by atoms with Crippen LogP contribution in [0.4, 0.5) is 11.4 Å². The van der Waals surface area contributed by atoms with Crippen molar-refractivity contribution in [3.8, 4) is 0 Å². The van der Waals surface area contributed by atoms with Crippen LogP contribution in [0, 0.1) is 22.0 Å². The van der Waals surface area contributed by atoms with Crippen molar-refractivity contribution in [1.82, 2.24) is 4.57 Å². The van der Waals surface area contributed by atoms with Gasteiger partial charge in [0, 0.05) is 18.1 Å². The maximum absolute atomic E-state index is 15.2. The molecule has 5 aliphatic rings. The Morgan fingerprint density at radius 1 is 0.860 bits per heavy atom. The average Bonchev–Trinajstić information content (AvgIpc) is 3.68. The molecule has 11 nitrogen and oxygen atoms in total. The number of hydrogen-bond acceptors (Lipinski definition) is 9. The van der Waals surface area contributed by atoms with E-state index in [-0.39, 0.29) is 23.6 Å². The van der Waals surface area contributed by atoms with Gasteiger partial charge in [0.15, 0.2) is 4.80 Å². The Hall–Kier alpha value is -6.79. The third-order valence-corrected chi connectivity index (χ3v) is 13.0. The predicted molar refractivity (Wildman–Crippen MR) is 213 cm³/mol. The number of hydrogen-bond donors (Lipinski definition) is 0. The molecular weight excluding hydrogens is 741 g/mol. The highest BCUT2D eigenvalue weighted by Crippen LogP contribution is 2.65. The van der Waals surface area contributed by atoms with E-state index in [4.69, 9.17) is 9.73 Å². The predicted octanol–water partition coefficient (Wildman–Crippen LogP) is 6.06. The van der Waals surface area contributed by atoms with Crippen LogP contribution >= 0.6 is 11.3 Å². The van der Waals surface area contributed by atoms with Crippen LogP contribution in [0.25, 0.3) is 16.8 Å². The van der Waals surface area contributed by atoms with Gasteiger partial charge in [-0.25, -0.2) is 14.7 Å². The van der Waals surface area contributed by atoms with Crippen LogP contribution in [-0.4, -0.2) is 33.9 Å². The van der Waals surface area contributed by atoms with Crippen LogP contribution in [-0.2, 0) is 24.5 Å². The first-order chi connectivity index (χ1) is 27.6. The third-order valence-electron chi connectivity index (χ3n) is 12.0. The van der Waals surface area contributed by atoms with Crippen molar-refractivity contribution >= 4 is 57.3 Å². The maximum atomic E-state index is 15.2. The van der Waals surface area contributed by atoms with Crippen LogP contribution in [0.3, 0.4) is 0 Å². The molecule has 5 aromatic carbocycles. The van der Waals surface area contributed by atoms with Crippen molar-refractivity contribution < 1.29 is 24.0 Å². The smallest absolute Gasteiger partial charge is 0.338 e. The fourth-order valence-electron chi connectivity index (χ4n) is 9.84. The molecular formula is C45H32N4O7S. The normalized spacial score (nSPS) is 23.2. The molecule has 0 spiro atoms. The largest absolute Gasteiger partial charge is 0.463 e. The number of fused-ring (bicyclic) bond motifs is 2. The molecule has 3 aliphatic carbocycles. The Morgan fingerprint density at radius 2 is 1.49 bits per heavy atom. The highest BCUT2D eigenvalue weighted by Gasteiger charge is 2.67. The summed E-state index contributed by atoms with van der Waals surface area (Å²) in [7, 11) is 0. The molecule has 12 heteroatoms. The first kappa shape index (κ1) is 34.7. The molecule has 6 aromatic rings. The van der Waals surface area contributed by atoms with Gasteiger partial charge in [-0.2, -0.15) is 0 Å². The molecule has 11 rings (SSSR count). The summed E-state index contributed by atoms with van der Waals surface area (Å²) in [5, 5.41) is 13.3. The molecule has 1 fully saturated rings. The zero-order valence-corrected chi connectivity index (χ0v) is 31.4. The molecule has 2 amide bonds. The number of nitro groups is 1. The van der Waals surface area contributed by atoms with Crippen LogP contribution in [0.5, 0.6) is 0 Å². The van der Waals surface area contributed by atoms with E-state index in [1.54, 1.807) is 18.4 Å². The summed E-state index contributed by atoms with van der Waals surface area (Å²) >= 11 is 1.18. The van der Waals surface area contributed by atoms with Crippen LogP contribution in [0.15, 0.2) is 136 Å². The van der Waals surface area contributed by atoms with Crippen LogP contribution in [0.2, 0.25) is 0 Å². The first-order valence-electron chi connectivity index (χ1n) is 18.6. The summed E-state index contributed by atoms with van der Waals surface area (Å²) in [4.78, 5) is 76.1. The van der Waals surface area contributed by atoms with Gasteiger partial charge in [0.2, 0.25) is 11.8 Å². The molecule has 0 radical (unpaired) electrons. The molecule has 3 heterocycles. The average molecular weight is 773 g/mol. The van der Waals surface area contributed by atoms with Crippen LogP contribution in [0.1, 0.15) is 53.6 Å². The quantitative estimate of drug-likeness (QED) is 0.0868. The lowest BCUT2D eigenvalue weighted by Gasteiger charge is -2.53. The Bertz CT molecular complexity index is 2950. The molecule has 280 valence electrons. The van der Waals surface area contributed by atoms with Crippen molar-refractivity contribution in [1.29, 1.82) is 0 Å². The number of carbonyl (C=O) groups is 3. The summed E-state index contributed by atoms with van der Waals surface area (Å²) in [5.41, 5.74) is 3.26. The summed E-state index contributed by atoms with van der Waals surface area (Å²) in [6, 6.07) is 33.7. The van der Waals surface area contributed by atoms with E-state index in [9.17, 15) is 19.7 Å². The van der Waals surface area contributed by atoms with Gasteiger partial charge >= 0.3 is 5.97 Å². The number of thiazole rings is 1. The number of anilines is 1. The van der Waals surface area contributed by atoms with Gasteiger partial charge in [-0.05, 0) is 70.6 Å². The molecule has 2 bridgehead atoms. The molecule has 2 aliphatic heterocycles. The summed E-state index contributed by atoms with van der Waals surface area (Å²) in [6.07, 6.45) is 1.86. The number of nitro benzene ring substituents is 1. The Labute approximate surface area is 328 Å². The second-order valence-electron chi connectivity index (χ2n) is 14.7. The zero-order chi connectivity index (χ0) is 39.3. The van der Waals surface area contributed by atoms with Crippen LogP contribution < -0.4 is 19.8 Å². The molecule has 0 saturated carbocycles.